The van der Waals surface area contributed by atoms with Crippen molar-refractivity contribution in [2.75, 3.05) is 0 Å². The maximum atomic E-state index is 11.3. The molecule has 0 fully saturated rings. The molecule has 0 spiro atoms. The lowest BCUT2D eigenvalue weighted by molar-refractivity contribution is -0.145. The fourth-order valence-electron chi connectivity index (χ4n) is 2.43. The molecule has 0 aliphatic heterocycles. The number of nitrogens with one attached hydrogen (secondary N) is 1. The summed E-state index contributed by atoms with van der Waals surface area (Å²) in [6, 6.07) is 12.4. The Morgan fingerprint density at radius 2 is 1.88 bits per heavy atom. The largest absolute Gasteiger partial charge is 0.479 e. The predicted octanol–water partition coefficient (Wildman–Crippen LogP) is 4.31. The zero-order chi connectivity index (χ0) is 18.4. The van der Waals surface area contributed by atoms with Gasteiger partial charge >= 0.3 is 5.97 Å². The minimum Gasteiger partial charge on any atom is -0.479 e. The Hall–Kier alpha value is -2.53. The Morgan fingerprint density at radius 3 is 2.40 bits per heavy atom. The summed E-state index contributed by atoms with van der Waals surface area (Å²) in [6.45, 7) is 2.01. The van der Waals surface area contributed by atoms with Crippen LogP contribution < -0.4 is 10.5 Å². The van der Waals surface area contributed by atoms with E-state index in [0.717, 1.165) is 24.0 Å². The Labute approximate surface area is 151 Å². The monoisotopic (exact) mass is 360 g/mol. The van der Waals surface area contributed by atoms with E-state index in [0.29, 0.717) is 22.8 Å². The number of rotatable bonds is 8. The third-order valence-corrected chi connectivity index (χ3v) is 4.13. The average Bonchev–Trinajstić information content (AvgIpc) is 2.58. The highest BCUT2D eigenvalue weighted by Gasteiger charge is 2.18. The molecule has 0 aliphatic carbocycles. The van der Waals surface area contributed by atoms with Crippen molar-refractivity contribution in [3.63, 3.8) is 0 Å². The van der Waals surface area contributed by atoms with Crippen LogP contribution in [0, 0.1) is 5.41 Å². The second-order valence-corrected chi connectivity index (χ2v) is 6.13. The molecule has 5 nitrogen and oxygen atoms in total. The third-order valence-electron chi connectivity index (χ3n) is 3.82. The first-order valence-corrected chi connectivity index (χ1v) is 8.44. The lowest BCUT2D eigenvalue weighted by Crippen LogP contribution is -2.26. The second kappa shape index (κ2) is 8.53. The summed E-state index contributed by atoms with van der Waals surface area (Å²) in [6.07, 6.45) is 1.37. The van der Waals surface area contributed by atoms with Gasteiger partial charge in [-0.3, -0.25) is 5.41 Å². The summed E-state index contributed by atoms with van der Waals surface area (Å²) < 4.78 is 5.57. The summed E-state index contributed by atoms with van der Waals surface area (Å²) in [5.74, 6) is -0.519. The van der Waals surface area contributed by atoms with Gasteiger partial charge < -0.3 is 15.6 Å². The molecule has 0 radical (unpaired) electrons. The molecule has 2 aromatic rings. The first kappa shape index (κ1) is 18.8. The highest BCUT2D eigenvalue weighted by atomic mass is 35.5. The van der Waals surface area contributed by atoms with Crippen LogP contribution in [0.15, 0.2) is 42.5 Å². The smallest absolute Gasteiger partial charge is 0.344 e. The molecule has 0 saturated carbocycles. The normalized spacial score (nSPS) is 11.8. The van der Waals surface area contributed by atoms with Gasteiger partial charge in [-0.15, -0.1) is 0 Å². The van der Waals surface area contributed by atoms with Crippen LogP contribution in [0.2, 0.25) is 5.02 Å². The number of aliphatic carboxylic acids is 1. The molecule has 132 valence electrons. The second-order valence-electron chi connectivity index (χ2n) is 5.72. The van der Waals surface area contributed by atoms with Gasteiger partial charge in [0.05, 0.1) is 5.02 Å². The van der Waals surface area contributed by atoms with E-state index >= 15 is 0 Å². The SMILES string of the molecule is CCCCC(Oc1ccc(-c2ccc(C(=N)N)c(Cl)c2)cc1)C(=O)O. The number of amidine groups is 1. The van der Waals surface area contributed by atoms with E-state index in [1.165, 1.54) is 0 Å². The number of benzene rings is 2. The minimum atomic E-state index is -0.955. The topological polar surface area (TPSA) is 96.4 Å². The fourth-order valence-corrected chi connectivity index (χ4v) is 2.71. The number of carboxylic acids is 1. The van der Waals surface area contributed by atoms with Gasteiger partial charge in [0.1, 0.15) is 11.6 Å². The van der Waals surface area contributed by atoms with E-state index in [2.05, 4.69) is 0 Å². The average molecular weight is 361 g/mol. The van der Waals surface area contributed by atoms with Crippen LogP contribution >= 0.6 is 11.6 Å². The molecule has 4 N–H and O–H groups in total. The van der Waals surface area contributed by atoms with Crippen LogP contribution in [0.4, 0.5) is 0 Å². The highest BCUT2D eigenvalue weighted by molar-refractivity contribution is 6.34. The molecule has 0 aromatic heterocycles. The predicted molar refractivity (Wildman–Crippen MR) is 99.5 cm³/mol. The molecule has 1 unspecified atom stereocenters. The Kier molecular flexibility index (Phi) is 6.42. The van der Waals surface area contributed by atoms with Crippen molar-refractivity contribution >= 4 is 23.4 Å². The summed E-state index contributed by atoms with van der Waals surface area (Å²) in [7, 11) is 0. The van der Waals surface area contributed by atoms with E-state index in [-0.39, 0.29) is 5.84 Å². The van der Waals surface area contributed by atoms with E-state index in [9.17, 15) is 9.90 Å². The number of carbonyl (C=O) groups is 1. The maximum Gasteiger partial charge on any atom is 0.344 e. The van der Waals surface area contributed by atoms with Crippen LogP contribution in [-0.2, 0) is 4.79 Å². The van der Waals surface area contributed by atoms with E-state index in [1.54, 1.807) is 24.3 Å². The Bertz CT molecular complexity index is 760. The molecular weight excluding hydrogens is 340 g/mol. The summed E-state index contributed by atoms with van der Waals surface area (Å²) >= 11 is 6.15. The number of halogens is 1. The number of unbranched alkanes of at least 4 members (excludes halogenated alkanes) is 1. The van der Waals surface area contributed by atoms with E-state index in [1.807, 2.05) is 25.1 Å². The summed E-state index contributed by atoms with van der Waals surface area (Å²) in [4.78, 5) is 11.3. The molecular formula is C19H21ClN2O3. The van der Waals surface area contributed by atoms with Crippen molar-refractivity contribution in [3.05, 3.63) is 53.1 Å². The van der Waals surface area contributed by atoms with Gasteiger partial charge in [-0.1, -0.05) is 43.1 Å². The van der Waals surface area contributed by atoms with Gasteiger partial charge in [-0.2, -0.15) is 0 Å². The molecule has 0 aliphatic rings. The van der Waals surface area contributed by atoms with Gasteiger partial charge in [-0.25, -0.2) is 4.79 Å². The number of carboxylic acid groups (broad SMARTS) is 1. The number of hydrogen-bond acceptors (Lipinski definition) is 3. The van der Waals surface area contributed by atoms with Gasteiger partial charge in [0.2, 0.25) is 0 Å². The number of nitrogens with two attached hydrogens (primary N) is 1. The van der Waals surface area contributed by atoms with E-state index in [4.69, 9.17) is 27.5 Å². The van der Waals surface area contributed by atoms with Crippen LogP contribution in [0.1, 0.15) is 31.7 Å². The van der Waals surface area contributed by atoms with Crippen molar-refractivity contribution in [2.45, 2.75) is 32.3 Å². The van der Waals surface area contributed by atoms with Crippen LogP contribution in [-0.4, -0.2) is 23.0 Å². The molecule has 2 aromatic carbocycles. The third kappa shape index (κ3) is 4.97. The van der Waals surface area contributed by atoms with Crippen molar-refractivity contribution in [2.24, 2.45) is 5.73 Å². The van der Waals surface area contributed by atoms with Crippen molar-refractivity contribution in [3.8, 4) is 16.9 Å². The molecule has 0 amide bonds. The summed E-state index contributed by atoms with van der Waals surface area (Å²) in [5, 5.41) is 17.1. The van der Waals surface area contributed by atoms with Crippen molar-refractivity contribution in [1.29, 1.82) is 5.41 Å². The van der Waals surface area contributed by atoms with Crippen molar-refractivity contribution < 1.29 is 14.6 Å². The standard InChI is InChI=1S/C19H21ClN2O3/c1-2-3-4-17(19(23)24)25-14-8-5-12(6-9-14)13-7-10-15(18(21)22)16(20)11-13/h5-11,17H,2-4H2,1H3,(H3,21,22)(H,23,24). The lowest BCUT2D eigenvalue weighted by atomic mass is 10.0. The van der Waals surface area contributed by atoms with Crippen LogP contribution in [0.3, 0.4) is 0 Å². The Balaban J connectivity index is 2.15. The molecule has 25 heavy (non-hydrogen) atoms. The first-order valence-electron chi connectivity index (χ1n) is 8.06. The van der Waals surface area contributed by atoms with Crippen molar-refractivity contribution in [1.82, 2.24) is 0 Å². The van der Waals surface area contributed by atoms with Crippen LogP contribution in [0.5, 0.6) is 5.75 Å². The minimum absolute atomic E-state index is 0.0768. The number of nitrogen functional groups attached to an aromatic ring is 1. The van der Waals surface area contributed by atoms with Gasteiger partial charge in [0.25, 0.3) is 0 Å². The molecule has 6 heteroatoms. The molecule has 0 heterocycles. The molecule has 0 bridgehead atoms. The summed E-state index contributed by atoms with van der Waals surface area (Å²) in [5.41, 5.74) is 7.74. The lowest BCUT2D eigenvalue weighted by Gasteiger charge is -2.15. The Morgan fingerprint density at radius 1 is 1.24 bits per heavy atom. The zero-order valence-corrected chi connectivity index (χ0v) is 14.7. The van der Waals surface area contributed by atoms with Gasteiger partial charge in [0, 0.05) is 5.56 Å². The fraction of sp³-hybridized carbons (Fsp3) is 0.263. The van der Waals surface area contributed by atoms with Gasteiger partial charge in [0.15, 0.2) is 6.10 Å². The first-order chi connectivity index (χ1) is 11.9. The highest BCUT2D eigenvalue weighted by Crippen LogP contribution is 2.27. The molecule has 0 saturated heterocycles. The zero-order valence-electron chi connectivity index (χ0n) is 14.0. The molecule has 1 atom stereocenters. The maximum absolute atomic E-state index is 11.3. The number of ether oxygens (including phenoxy) is 1. The van der Waals surface area contributed by atoms with E-state index < -0.39 is 12.1 Å². The molecule has 2 rings (SSSR count). The number of hydrogen-bond donors (Lipinski definition) is 3. The van der Waals surface area contributed by atoms with Crippen LogP contribution in [0.25, 0.3) is 11.1 Å². The quantitative estimate of drug-likeness (QED) is 0.482. The van der Waals surface area contributed by atoms with Gasteiger partial charge in [-0.05, 0) is 48.2 Å².